The molecule has 0 aromatic heterocycles. The fourth-order valence-electron chi connectivity index (χ4n) is 2.22. The first-order valence-corrected chi connectivity index (χ1v) is 11.5. The number of aliphatic hydroxyl groups is 2. The standard InChI is InChI=1S/2C7H6O2.C6H12.2CH4O.BrHO3.Na/c2*8-7(9)6-4-2-1-3-5-6;1-2-4-6-5-3-1;2*1-2;2-1(3)4;/h2*1-5H,(H,8,9);1-6H2;2*2H,1H3;2H;/q;;;;;;+1/p-1. The first kappa shape index (κ1) is 38.9. The molecule has 2 aromatic carbocycles. The summed E-state index contributed by atoms with van der Waals surface area (Å²) in [5.74, 6) is -2.01. The van der Waals surface area contributed by atoms with Crippen molar-refractivity contribution in [1.29, 1.82) is 0 Å². The summed E-state index contributed by atoms with van der Waals surface area (Å²) in [5, 5.41) is 32.5. The van der Waals surface area contributed by atoms with Gasteiger partial charge in [0.05, 0.1) is 11.5 Å². The van der Waals surface area contributed by atoms with Crippen molar-refractivity contribution < 1.29 is 87.0 Å². The molecule has 2 aromatic rings. The fourth-order valence-corrected chi connectivity index (χ4v) is 2.22. The molecule has 1 fully saturated rings. The number of rotatable bonds is 2. The van der Waals surface area contributed by atoms with Gasteiger partial charge in [-0.15, -0.1) is 0 Å². The molecule has 4 N–H and O–H groups in total. The second-order valence-electron chi connectivity index (χ2n) is 5.65. The fraction of sp³-hybridized carbons (Fsp3) is 0.364. The van der Waals surface area contributed by atoms with Gasteiger partial charge in [-0.3, -0.25) is 0 Å². The maximum Gasteiger partial charge on any atom is 1.00 e. The zero-order chi connectivity index (χ0) is 25.2. The number of carbonyl (C=O) groups is 2. The number of hydrogen-bond donors (Lipinski definition) is 4. The molecule has 182 valence electrons. The van der Waals surface area contributed by atoms with E-state index >= 15 is 0 Å². The molecule has 0 saturated heterocycles. The van der Waals surface area contributed by atoms with E-state index in [1.54, 1.807) is 48.5 Å². The predicted octanol–water partition coefficient (Wildman–Crippen LogP) is -2.94. The van der Waals surface area contributed by atoms with Gasteiger partial charge in [0.15, 0.2) is 0 Å². The first-order valence-electron chi connectivity index (χ1n) is 9.53. The van der Waals surface area contributed by atoms with Gasteiger partial charge in [-0.1, -0.05) is 87.1 Å². The Morgan fingerprint density at radius 2 is 0.939 bits per heavy atom. The molecule has 0 bridgehead atoms. The first-order chi connectivity index (χ1) is 15.3. The third kappa shape index (κ3) is 30.7. The van der Waals surface area contributed by atoms with E-state index in [2.05, 4.69) is 0 Å². The van der Waals surface area contributed by atoms with Gasteiger partial charge in [0.25, 0.3) is 0 Å². The van der Waals surface area contributed by atoms with Gasteiger partial charge in [-0.2, -0.15) is 0 Å². The van der Waals surface area contributed by atoms with Crippen LogP contribution in [0, 0.1) is 14.8 Å². The second kappa shape index (κ2) is 30.7. The number of hydrogen-bond acceptors (Lipinski definition) is 8. The smallest absolute Gasteiger partial charge is 0.545 e. The van der Waals surface area contributed by atoms with Crippen LogP contribution in [-0.4, -0.2) is 45.7 Å². The average Bonchev–Trinajstić information content (AvgIpc) is 2.84. The van der Waals surface area contributed by atoms with Crippen LogP contribution in [-0.2, 0) is 0 Å². The van der Waals surface area contributed by atoms with Crippen LogP contribution >= 0.6 is 0 Å². The van der Waals surface area contributed by atoms with Crippen molar-refractivity contribution in [2.24, 2.45) is 0 Å². The third-order valence-corrected chi connectivity index (χ3v) is 3.53. The van der Waals surface area contributed by atoms with Crippen molar-refractivity contribution in [2.75, 3.05) is 14.2 Å². The quantitative estimate of drug-likeness (QED) is 0.288. The zero-order valence-corrected chi connectivity index (χ0v) is 22.8. The minimum Gasteiger partial charge on any atom is -0.545 e. The number of halogens is 1. The molecular weight excluding hydrogens is 511 g/mol. The number of aliphatic hydroxyl groups excluding tert-OH is 2. The Hall–Kier alpha value is -1.34. The number of carboxylic acids is 2. The van der Waals surface area contributed by atoms with Crippen LogP contribution in [0.5, 0.6) is 0 Å². The molecule has 0 atom stereocenters. The molecule has 0 aliphatic heterocycles. The van der Waals surface area contributed by atoms with Gasteiger partial charge in [-0.25, -0.2) is 4.79 Å². The summed E-state index contributed by atoms with van der Waals surface area (Å²) < 4.78 is 24.3. The molecule has 1 aliphatic carbocycles. The summed E-state index contributed by atoms with van der Waals surface area (Å²) in [7, 11) is 2.00. The van der Waals surface area contributed by atoms with E-state index in [1.165, 1.54) is 50.7 Å². The molecule has 1 aliphatic rings. The Bertz CT molecular complexity index is 592. The van der Waals surface area contributed by atoms with E-state index in [1.807, 2.05) is 0 Å². The van der Waals surface area contributed by atoms with E-state index in [0.717, 1.165) is 14.2 Å². The van der Waals surface area contributed by atoms with Crippen molar-refractivity contribution in [3.63, 3.8) is 0 Å². The van der Waals surface area contributed by atoms with Crippen LogP contribution in [0.25, 0.3) is 0 Å². The predicted molar refractivity (Wildman–Crippen MR) is 110 cm³/mol. The summed E-state index contributed by atoms with van der Waals surface area (Å²) in [4.78, 5) is 20.3. The number of carboxylic acid groups (broad SMARTS) is 2. The van der Waals surface area contributed by atoms with E-state index < -0.39 is 26.8 Å². The molecule has 3 rings (SSSR count). The molecule has 0 amide bonds. The molecule has 33 heavy (non-hydrogen) atoms. The number of aromatic carboxylic acids is 2. The minimum absolute atomic E-state index is 0. The monoisotopic (exact) mass is 542 g/mol. The minimum atomic E-state index is -3.40. The Kier molecular flexibility index (Phi) is 36.1. The molecule has 9 nitrogen and oxygen atoms in total. The molecule has 0 unspecified atom stereocenters. The maximum atomic E-state index is 10.2. The van der Waals surface area contributed by atoms with Gasteiger partial charge < -0.3 is 33.6 Å². The van der Waals surface area contributed by atoms with Crippen molar-refractivity contribution in [1.82, 2.24) is 0 Å². The Labute approximate surface area is 222 Å². The normalized spacial score (nSPS) is 10.7. The van der Waals surface area contributed by atoms with E-state index in [-0.39, 0.29) is 35.1 Å². The zero-order valence-electron chi connectivity index (χ0n) is 19.2. The summed E-state index contributed by atoms with van der Waals surface area (Å²) >= 11 is -3.40. The molecule has 0 radical (unpaired) electrons. The van der Waals surface area contributed by atoms with Gasteiger partial charge in [0.1, 0.15) is 0 Å². The SMILES string of the molecule is C1CCCCC1.CO.CO.O=C(O)c1ccccc1.O=C([O-])c1ccccc1.[Na+].[O-][Br+2]([O-])O. The van der Waals surface area contributed by atoms with Crippen LogP contribution in [0.3, 0.4) is 0 Å². The molecule has 0 heterocycles. The van der Waals surface area contributed by atoms with Gasteiger partial charge >= 0.3 is 50.3 Å². The molecule has 11 heteroatoms. The number of benzene rings is 2. The van der Waals surface area contributed by atoms with Gasteiger partial charge in [-0.05, 0) is 21.9 Å². The largest absolute Gasteiger partial charge is 1.00 e. The summed E-state index contributed by atoms with van der Waals surface area (Å²) in [6.45, 7) is 0. The van der Waals surface area contributed by atoms with Crippen LogP contribution in [0.1, 0.15) is 59.2 Å². The third-order valence-electron chi connectivity index (χ3n) is 3.53. The van der Waals surface area contributed by atoms with Gasteiger partial charge in [0, 0.05) is 14.2 Å². The van der Waals surface area contributed by atoms with E-state index in [9.17, 15) is 14.7 Å². The van der Waals surface area contributed by atoms with E-state index in [4.69, 9.17) is 27.9 Å². The Morgan fingerprint density at radius 1 is 0.697 bits per heavy atom. The molecular formula is C22H32BrNaO9. The van der Waals surface area contributed by atoms with Crippen molar-refractivity contribution >= 4 is 11.9 Å². The van der Waals surface area contributed by atoms with Crippen molar-refractivity contribution in [3.05, 3.63) is 71.8 Å². The summed E-state index contributed by atoms with van der Waals surface area (Å²) in [5.41, 5.74) is 0.551. The Balaban J connectivity index is -0.000000165. The average molecular weight is 543 g/mol. The van der Waals surface area contributed by atoms with Crippen LogP contribution in [0.4, 0.5) is 0 Å². The van der Waals surface area contributed by atoms with Crippen molar-refractivity contribution in [3.8, 4) is 0 Å². The summed E-state index contributed by atoms with van der Waals surface area (Å²) in [6, 6.07) is 16.4. The maximum absolute atomic E-state index is 10.2. The summed E-state index contributed by atoms with van der Waals surface area (Å²) in [6.07, 6.45) is 9.00. The number of carbonyl (C=O) groups excluding carboxylic acids is 1. The molecule has 1 saturated carbocycles. The van der Waals surface area contributed by atoms with Crippen molar-refractivity contribution in [2.45, 2.75) is 38.5 Å². The van der Waals surface area contributed by atoms with E-state index in [0.29, 0.717) is 5.56 Å². The van der Waals surface area contributed by atoms with Crippen LogP contribution in [0.15, 0.2) is 60.7 Å². The van der Waals surface area contributed by atoms with Crippen LogP contribution < -0.4 is 43.1 Å². The van der Waals surface area contributed by atoms with Crippen LogP contribution in [0.2, 0.25) is 0 Å². The van der Waals surface area contributed by atoms with Gasteiger partial charge in [0.2, 0.25) is 0 Å². The Morgan fingerprint density at radius 3 is 1.09 bits per heavy atom. The second-order valence-corrected chi connectivity index (χ2v) is 6.49. The molecule has 0 spiro atoms. The topological polar surface area (TPSA) is 184 Å².